The van der Waals surface area contributed by atoms with Gasteiger partial charge in [0.1, 0.15) is 5.75 Å². The van der Waals surface area contributed by atoms with Crippen LogP contribution in [0.3, 0.4) is 0 Å². The van der Waals surface area contributed by atoms with Crippen LogP contribution in [0.4, 0.5) is 5.69 Å². The highest BCUT2D eigenvalue weighted by atomic mass is 16.3. The third kappa shape index (κ3) is 3.77. The van der Waals surface area contributed by atoms with Crippen molar-refractivity contribution in [1.82, 2.24) is 0 Å². The largest absolute Gasteiger partial charge is 0.508 e. The SMILES string of the molecule is C=CCC(C)(C(=C)/C=C/c1ccccc1)c1cc(O)ccc1NC. The van der Waals surface area contributed by atoms with Crippen molar-refractivity contribution in [2.45, 2.75) is 18.8 Å². The molecule has 0 bridgehead atoms. The summed E-state index contributed by atoms with van der Waals surface area (Å²) in [6.45, 7) is 10.3. The Labute approximate surface area is 144 Å². The van der Waals surface area contributed by atoms with Crippen LogP contribution >= 0.6 is 0 Å². The predicted molar refractivity (Wildman–Crippen MR) is 104 cm³/mol. The lowest BCUT2D eigenvalue weighted by Crippen LogP contribution is -2.24. The van der Waals surface area contributed by atoms with E-state index in [9.17, 15) is 5.11 Å². The van der Waals surface area contributed by atoms with Gasteiger partial charge in [0.2, 0.25) is 0 Å². The van der Waals surface area contributed by atoms with Gasteiger partial charge in [0.05, 0.1) is 0 Å². The van der Waals surface area contributed by atoms with Crippen LogP contribution in [0, 0.1) is 0 Å². The Hall–Kier alpha value is -2.74. The van der Waals surface area contributed by atoms with Crippen LogP contribution in [0.2, 0.25) is 0 Å². The lowest BCUT2D eigenvalue weighted by atomic mass is 9.72. The fraction of sp³-hybridized carbons (Fsp3) is 0.182. The van der Waals surface area contributed by atoms with E-state index < -0.39 is 0 Å². The Kier molecular flexibility index (Phi) is 5.64. The van der Waals surface area contributed by atoms with Gasteiger partial charge >= 0.3 is 0 Å². The predicted octanol–water partition coefficient (Wildman–Crippen LogP) is 5.54. The molecule has 2 N–H and O–H groups in total. The van der Waals surface area contributed by atoms with Crippen molar-refractivity contribution in [3.63, 3.8) is 0 Å². The second-order valence-electron chi connectivity index (χ2n) is 6.07. The van der Waals surface area contributed by atoms with Crippen molar-refractivity contribution in [3.8, 4) is 5.75 Å². The molecule has 0 fully saturated rings. The van der Waals surface area contributed by atoms with E-state index in [2.05, 4.69) is 43.6 Å². The first-order valence-electron chi connectivity index (χ1n) is 8.06. The minimum atomic E-state index is -0.357. The minimum Gasteiger partial charge on any atom is -0.508 e. The first-order valence-corrected chi connectivity index (χ1v) is 8.06. The summed E-state index contributed by atoms with van der Waals surface area (Å²) in [4.78, 5) is 0. The van der Waals surface area contributed by atoms with Crippen LogP contribution in [0.5, 0.6) is 5.75 Å². The van der Waals surface area contributed by atoms with E-state index in [-0.39, 0.29) is 11.2 Å². The molecular weight excluding hydrogens is 294 g/mol. The number of allylic oxidation sites excluding steroid dienone is 3. The first-order chi connectivity index (χ1) is 11.5. The van der Waals surface area contributed by atoms with E-state index >= 15 is 0 Å². The molecule has 0 aliphatic rings. The van der Waals surface area contributed by atoms with E-state index in [0.29, 0.717) is 0 Å². The van der Waals surface area contributed by atoms with E-state index in [0.717, 1.165) is 28.8 Å². The number of rotatable bonds is 7. The van der Waals surface area contributed by atoms with E-state index in [1.807, 2.05) is 43.5 Å². The number of hydrogen-bond acceptors (Lipinski definition) is 2. The van der Waals surface area contributed by atoms with Crippen LogP contribution in [0.15, 0.2) is 79.4 Å². The van der Waals surface area contributed by atoms with Gasteiger partial charge in [0, 0.05) is 18.2 Å². The summed E-state index contributed by atoms with van der Waals surface area (Å²) < 4.78 is 0. The van der Waals surface area contributed by atoms with Crippen LogP contribution in [-0.4, -0.2) is 12.2 Å². The molecule has 0 amide bonds. The van der Waals surface area contributed by atoms with E-state index in [1.54, 1.807) is 12.1 Å². The van der Waals surface area contributed by atoms with Crippen molar-refractivity contribution in [3.05, 3.63) is 90.5 Å². The fourth-order valence-electron chi connectivity index (χ4n) is 2.85. The Morgan fingerprint density at radius 2 is 1.92 bits per heavy atom. The zero-order chi connectivity index (χ0) is 17.6. The van der Waals surface area contributed by atoms with Gasteiger partial charge in [0.25, 0.3) is 0 Å². The van der Waals surface area contributed by atoms with Gasteiger partial charge in [-0.05, 0) is 41.3 Å². The van der Waals surface area contributed by atoms with Crippen molar-refractivity contribution in [1.29, 1.82) is 0 Å². The second-order valence-corrected chi connectivity index (χ2v) is 6.07. The molecule has 2 aromatic rings. The van der Waals surface area contributed by atoms with Gasteiger partial charge in [0.15, 0.2) is 0 Å². The zero-order valence-electron chi connectivity index (χ0n) is 14.4. The molecule has 0 aliphatic carbocycles. The normalized spacial score (nSPS) is 13.4. The number of nitrogens with one attached hydrogen (secondary N) is 1. The van der Waals surface area contributed by atoms with Gasteiger partial charge in [-0.25, -0.2) is 0 Å². The molecule has 0 spiro atoms. The topological polar surface area (TPSA) is 32.3 Å². The highest BCUT2D eigenvalue weighted by Crippen LogP contribution is 2.41. The van der Waals surface area contributed by atoms with Gasteiger partial charge in [-0.15, -0.1) is 6.58 Å². The molecule has 0 radical (unpaired) electrons. The zero-order valence-corrected chi connectivity index (χ0v) is 14.4. The molecule has 0 heterocycles. The Morgan fingerprint density at radius 3 is 2.54 bits per heavy atom. The molecule has 1 atom stereocenters. The summed E-state index contributed by atoms with van der Waals surface area (Å²) >= 11 is 0. The maximum atomic E-state index is 9.95. The number of aromatic hydroxyl groups is 1. The van der Waals surface area contributed by atoms with Gasteiger partial charge in [-0.1, -0.05) is 62.1 Å². The number of anilines is 1. The lowest BCUT2D eigenvalue weighted by molar-refractivity contribution is 0.471. The molecule has 2 heteroatoms. The molecule has 124 valence electrons. The highest BCUT2D eigenvalue weighted by Gasteiger charge is 2.30. The quantitative estimate of drug-likeness (QED) is 0.399. The minimum absolute atomic E-state index is 0.249. The molecule has 2 aromatic carbocycles. The summed E-state index contributed by atoms with van der Waals surface area (Å²) in [7, 11) is 1.88. The molecule has 0 aromatic heterocycles. The molecule has 2 nitrogen and oxygen atoms in total. The van der Waals surface area contributed by atoms with Crippen LogP contribution in [0.1, 0.15) is 24.5 Å². The summed E-state index contributed by atoms with van der Waals surface area (Å²) in [5, 5.41) is 13.2. The van der Waals surface area contributed by atoms with Gasteiger partial charge in [-0.2, -0.15) is 0 Å². The molecule has 1 unspecified atom stereocenters. The maximum Gasteiger partial charge on any atom is 0.116 e. The van der Waals surface area contributed by atoms with Crippen molar-refractivity contribution in [2.24, 2.45) is 0 Å². The lowest BCUT2D eigenvalue weighted by Gasteiger charge is -2.32. The van der Waals surface area contributed by atoms with Crippen LogP contribution in [0.25, 0.3) is 6.08 Å². The number of phenolic OH excluding ortho intramolecular Hbond substituents is 1. The fourth-order valence-corrected chi connectivity index (χ4v) is 2.85. The van der Waals surface area contributed by atoms with Gasteiger partial charge in [-0.3, -0.25) is 0 Å². The third-order valence-electron chi connectivity index (χ3n) is 4.40. The first kappa shape index (κ1) is 17.6. The number of phenols is 1. The molecule has 2 rings (SSSR count). The van der Waals surface area contributed by atoms with Gasteiger partial charge < -0.3 is 10.4 Å². The number of hydrogen-bond donors (Lipinski definition) is 2. The van der Waals surface area contributed by atoms with E-state index in [4.69, 9.17) is 0 Å². The second kappa shape index (κ2) is 7.69. The summed E-state index contributed by atoms with van der Waals surface area (Å²) in [5.74, 6) is 0.249. The van der Waals surface area contributed by atoms with E-state index in [1.165, 1.54) is 0 Å². The molecular formula is C22H25NO. The average Bonchev–Trinajstić information content (AvgIpc) is 2.60. The average molecular weight is 319 g/mol. The standard InChI is InChI=1S/C22H25NO/c1-5-15-22(3,20-16-19(24)13-14-21(20)23-4)17(2)11-12-18-9-7-6-8-10-18/h5-14,16,23-24H,1-2,15H2,3-4H3/b12-11+. The Bertz CT molecular complexity index is 746. The van der Waals surface area contributed by atoms with Crippen molar-refractivity contribution in [2.75, 3.05) is 12.4 Å². The summed E-state index contributed by atoms with van der Waals surface area (Å²) in [6.07, 6.45) is 6.72. The maximum absolute atomic E-state index is 9.95. The van der Waals surface area contributed by atoms with Crippen molar-refractivity contribution >= 4 is 11.8 Å². The van der Waals surface area contributed by atoms with Crippen LogP contribution < -0.4 is 5.32 Å². The Morgan fingerprint density at radius 1 is 1.21 bits per heavy atom. The summed E-state index contributed by atoms with van der Waals surface area (Å²) in [5.41, 5.74) is 3.72. The van der Waals surface area contributed by atoms with Crippen LogP contribution in [-0.2, 0) is 5.41 Å². The molecule has 0 saturated carbocycles. The molecule has 24 heavy (non-hydrogen) atoms. The molecule has 0 saturated heterocycles. The Balaban J connectivity index is 2.43. The summed E-state index contributed by atoms with van der Waals surface area (Å²) in [6, 6.07) is 15.5. The molecule has 0 aliphatic heterocycles. The smallest absolute Gasteiger partial charge is 0.116 e. The third-order valence-corrected chi connectivity index (χ3v) is 4.40. The number of benzene rings is 2. The monoisotopic (exact) mass is 319 g/mol. The highest BCUT2D eigenvalue weighted by molar-refractivity contribution is 5.62. The van der Waals surface area contributed by atoms with Crippen molar-refractivity contribution < 1.29 is 5.11 Å².